The van der Waals surface area contributed by atoms with Crippen LogP contribution in [0, 0.1) is 17.0 Å². The number of benzene rings is 3. The molecule has 0 fully saturated rings. The minimum absolute atomic E-state index is 0.0317. The van der Waals surface area contributed by atoms with Crippen molar-refractivity contribution in [3.63, 3.8) is 0 Å². The number of ether oxygens (including phenoxy) is 1. The third-order valence-corrected chi connectivity index (χ3v) is 4.35. The van der Waals surface area contributed by atoms with Gasteiger partial charge in [-0.05, 0) is 36.8 Å². The number of anilines is 1. The van der Waals surface area contributed by atoms with Crippen molar-refractivity contribution in [2.24, 2.45) is 0 Å². The summed E-state index contributed by atoms with van der Waals surface area (Å²) in [5.74, 6) is 0.247. The maximum Gasteiger partial charge on any atom is 0.274 e. The number of nitro benzene ring substituents is 1. The number of nitrogens with one attached hydrogen (secondary N) is 1. The molecule has 0 atom stereocenters. The van der Waals surface area contributed by atoms with E-state index in [9.17, 15) is 14.9 Å². The van der Waals surface area contributed by atoms with Gasteiger partial charge in [0.1, 0.15) is 5.75 Å². The molecule has 1 N–H and O–H groups in total. The normalized spacial score (nSPS) is 10.3. The topological polar surface area (TPSA) is 81.5 Å². The molecule has 3 aromatic carbocycles. The van der Waals surface area contributed by atoms with E-state index >= 15 is 0 Å². The van der Waals surface area contributed by atoms with Gasteiger partial charge in [0.2, 0.25) is 0 Å². The fourth-order valence-corrected chi connectivity index (χ4v) is 2.81. The van der Waals surface area contributed by atoms with E-state index in [4.69, 9.17) is 4.74 Å². The Morgan fingerprint density at radius 3 is 2.54 bits per heavy atom. The maximum atomic E-state index is 12.6. The molecule has 142 valence electrons. The van der Waals surface area contributed by atoms with Crippen molar-refractivity contribution < 1.29 is 14.5 Å². The van der Waals surface area contributed by atoms with Gasteiger partial charge in [0.25, 0.3) is 11.6 Å². The lowest BCUT2D eigenvalue weighted by Crippen LogP contribution is -2.13. The van der Waals surface area contributed by atoms with Crippen LogP contribution in [-0.2, 0) is 6.42 Å². The first-order valence-electron chi connectivity index (χ1n) is 8.87. The van der Waals surface area contributed by atoms with Crippen molar-refractivity contribution in [1.82, 2.24) is 0 Å². The lowest BCUT2D eigenvalue weighted by molar-refractivity contribution is -0.385. The Bertz CT molecular complexity index is 987. The Kier molecular flexibility index (Phi) is 6.01. The molecule has 0 radical (unpaired) electrons. The van der Waals surface area contributed by atoms with Crippen molar-refractivity contribution in [2.45, 2.75) is 13.3 Å². The molecule has 28 heavy (non-hydrogen) atoms. The fourth-order valence-electron chi connectivity index (χ4n) is 2.81. The summed E-state index contributed by atoms with van der Waals surface area (Å²) in [6.45, 7) is 2.11. The molecular weight excluding hydrogens is 356 g/mol. The molecule has 0 saturated carbocycles. The number of amides is 1. The molecular formula is C22H20N2O4. The average molecular weight is 376 g/mol. The van der Waals surface area contributed by atoms with Crippen LogP contribution < -0.4 is 10.1 Å². The van der Waals surface area contributed by atoms with Crippen molar-refractivity contribution in [1.29, 1.82) is 0 Å². The van der Waals surface area contributed by atoms with E-state index in [1.54, 1.807) is 43.3 Å². The minimum atomic E-state index is -0.466. The van der Waals surface area contributed by atoms with Crippen LogP contribution in [0.2, 0.25) is 0 Å². The first-order chi connectivity index (χ1) is 13.5. The zero-order chi connectivity index (χ0) is 19.9. The van der Waals surface area contributed by atoms with Gasteiger partial charge in [0.05, 0.1) is 22.8 Å². The number of nitrogens with zero attached hydrogens (tertiary/aromatic N) is 1. The van der Waals surface area contributed by atoms with Crippen LogP contribution in [0.4, 0.5) is 11.4 Å². The van der Waals surface area contributed by atoms with Gasteiger partial charge in [0.15, 0.2) is 0 Å². The maximum absolute atomic E-state index is 12.6. The van der Waals surface area contributed by atoms with Gasteiger partial charge in [-0.3, -0.25) is 14.9 Å². The van der Waals surface area contributed by atoms with Crippen LogP contribution in [0.1, 0.15) is 21.5 Å². The van der Waals surface area contributed by atoms with Gasteiger partial charge < -0.3 is 10.1 Å². The molecule has 6 heteroatoms. The number of rotatable bonds is 7. The van der Waals surface area contributed by atoms with Crippen LogP contribution in [0.3, 0.4) is 0 Å². The molecule has 1 amide bonds. The van der Waals surface area contributed by atoms with Gasteiger partial charge in [-0.1, -0.05) is 42.5 Å². The molecule has 3 aromatic rings. The summed E-state index contributed by atoms with van der Waals surface area (Å²) in [5.41, 5.74) is 2.39. The smallest absolute Gasteiger partial charge is 0.274 e. The highest BCUT2D eigenvalue weighted by molar-refractivity contribution is 6.05. The number of carbonyl (C=O) groups is 1. The fraction of sp³-hybridized carbons (Fsp3) is 0.136. The molecule has 0 aliphatic rings. The number of nitro groups is 1. The molecule has 0 spiro atoms. The Morgan fingerprint density at radius 2 is 1.79 bits per heavy atom. The molecule has 0 aliphatic carbocycles. The monoisotopic (exact) mass is 376 g/mol. The van der Waals surface area contributed by atoms with E-state index in [2.05, 4.69) is 5.32 Å². The van der Waals surface area contributed by atoms with Crippen LogP contribution in [0.15, 0.2) is 72.8 Å². The van der Waals surface area contributed by atoms with E-state index in [-0.39, 0.29) is 11.6 Å². The predicted molar refractivity (Wildman–Crippen MR) is 108 cm³/mol. The van der Waals surface area contributed by atoms with Crippen molar-refractivity contribution in [3.8, 4) is 5.75 Å². The summed E-state index contributed by atoms with van der Waals surface area (Å²) in [6, 6.07) is 21.5. The Labute approximate surface area is 162 Å². The minimum Gasteiger partial charge on any atom is -0.493 e. The van der Waals surface area contributed by atoms with Crippen LogP contribution in [0.25, 0.3) is 0 Å². The first kappa shape index (κ1) is 19.1. The zero-order valence-electron chi connectivity index (χ0n) is 15.4. The summed E-state index contributed by atoms with van der Waals surface area (Å²) < 4.78 is 5.76. The summed E-state index contributed by atoms with van der Waals surface area (Å²) in [7, 11) is 0. The third kappa shape index (κ3) is 4.73. The van der Waals surface area contributed by atoms with E-state index < -0.39 is 4.92 Å². The van der Waals surface area contributed by atoms with E-state index in [1.165, 1.54) is 11.6 Å². The van der Waals surface area contributed by atoms with E-state index in [1.807, 2.05) is 30.3 Å². The van der Waals surface area contributed by atoms with Gasteiger partial charge in [-0.2, -0.15) is 0 Å². The number of hydrogen-bond acceptors (Lipinski definition) is 4. The first-order valence-corrected chi connectivity index (χ1v) is 8.87. The highest BCUT2D eigenvalue weighted by Crippen LogP contribution is 2.25. The van der Waals surface area contributed by atoms with Gasteiger partial charge in [0, 0.05) is 18.1 Å². The van der Waals surface area contributed by atoms with Gasteiger partial charge in [-0.25, -0.2) is 0 Å². The Balaban J connectivity index is 1.65. The molecule has 3 rings (SSSR count). The van der Waals surface area contributed by atoms with Crippen LogP contribution in [-0.4, -0.2) is 17.4 Å². The summed E-state index contributed by atoms with van der Waals surface area (Å²) in [6.07, 6.45) is 0.768. The van der Waals surface area contributed by atoms with Crippen molar-refractivity contribution >= 4 is 17.3 Å². The molecule has 6 nitrogen and oxygen atoms in total. The van der Waals surface area contributed by atoms with Crippen LogP contribution in [0.5, 0.6) is 5.75 Å². The lowest BCUT2D eigenvalue weighted by atomic mass is 10.1. The lowest BCUT2D eigenvalue weighted by Gasteiger charge is -2.10. The largest absolute Gasteiger partial charge is 0.493 e. The zero-order valence-corrected chi connectivity index (χ0v) is 15.4. The van der Waals surface area contributed by atoms with E-state index in [0.717, 1.165) is 6.42 Å². The molecule has 0 bridgehead atoms. The quantitative estimate of drug-likeness (QED) is 0.475. The Hall–Kier alpha value is -3.67. The molecule has 0 saturated heterocycles. The number of carbonyl (C=O) groups excluding carboxylic acids is 1. The SMILES string of the molecule is Cc1c(NC(=O)c2cccc(OCCc3ccccc3)c2)cccc1[N+](=O)[O-]. The summed E-state index contributed by atoms with van der Waals surface area (Å²) in [5, 5.41) is 13.8. The second kappa shape index (κ2) is 8.81. The second-order valence-corrected chi connectivity index (χ2v) is 6.27. The van der Waals surface area contributed by atoms with Crippen LogP contribution >= 0.6 is 0 Å². The predicted octanol–water partition coefficient (Wildman–Crippen LogP) is 4.78. The number of hydrogen-bond donors (Lipinski definition) is 1. The van der Waals surface area contributed by atoms with Crippen molar-refractivity contribution in [3.05, 3.63) is 99.6 Å². The summed E-state index contributed by atoms with van der Waals surface area (Å²) in [4.78, 5) is 23.1. The standard InChI is InChI=1S/C22H20N2O4/c1-16-20(11-6-12-21(16)24(26)27)23-22(25)18-9-5-10-19(15-18)28-14-13-17-7-3-2-4-8-17/h2-12,15H,13-14H2,1H3,(H,23,25). The van der Waals surface area contributed by atoms with Gasteiger partial charge in [-0.15, -0.1) is 0 Å². The second-order valence-electron chi connectivity index (χ2n) is 6.27. The third-order valence-electron chi connectivity index (χ3n) is 4.35. The highest BCUT2D eigenvalue weighted by Gasteiger charge is 2.15. The molecule has 0 aromatic heterocycles. The molecule has 0 heterocycles. The van der Waals surface area contributed by atoms with Gasteiger partial charge >= 0.3 is 0 Å². The van der Waals surface area contributed by atoms with E-state index in [0.29, 0.717) is 29.2 Å². The molecule has 0 aliphatic heterocycles. The highest BCUT2D eigenvalue weighted by atomic mass is 16.6. The average Bonchev–Trinajstić information content (AvgIpc) is 2.70. The summed E-state index contributed by atoms with van der Waals surface area (Å²) >= 11 is 0. The molecule has 0 unspecified atom stereocenters. The Morgan fingerprint density at radius 1 is 1.04 bits per heavy atom. The van der Waals surface area contributed by atoms with Crippen molar-refractivity contribution in [2.75, 3.05) is 11.9 Å².